The van der Waals surface area contributed by atoms with Crippen molar-refractivity contribution < 1.29 is 32.6 Å². The molecule has 12 heteroatoms. The van der Waals surface area contributed by atoms with E-state index in [4.69, 9.17) is 9.47 Å². The van der Waals surface area contributed by atoms with Gasteiger partial charge in [0.25, 0.3) is 5.91 Å². The monoisotopic (exact) mass is 610 g/mol. The minimum Gasteiger partial charge on any atom is -0.490 e. The molecule has 2 aliphatic rings. The van der Waals surface area contributed by atoms with E-state index in [2.05, 4.69) is 10.0 Å². The van der Waals surface area contributed by atoms with Crippen LogP contribution in [0.2, 0.25) is 0 Å². The lowest BCUT2D eigenvalue weighted by Crippen LogP contribution is -2.50. The highest BCUT2D eigenvalue weighted by Crippen LogP contribution is 2.29. The molecule has 0 radical (unpaired) electrons. The molecule has 11 nitrogen and oxygen atoms in total. The van der Waals surface area contributed by atoms with E-state index in [-0.39, 0.29) is 60.5 Å². The Hall–Kier alpha value is -2.57. The van der Waals surface area contributed by atoms with Crippen molar-refractivity contribution in [3.63, 3.8) is 0 Å². The van der Waals surface area contributed by atoms with E-state index in [0.29, 0.717) is 18.9 Å². The van der Waals surface area contributed by atoms with Crippen LogP contribution in [0.4, 0.5) is 10.5 Å². The van der Waals surface area contributed by atoms with Crippen molar-refractivity contribution in [1.82, 2.24) is 15.1 Å². The molecule has 0 aromatic heterocycles. The number of hydrogen-bond acceptors (Lipinski definition) is 7. The van der Waals surface area contributed by atoms with Gasteiger partial charge in [-0.05, 0) is 64.2 Å². The molecule has 1 aromatic rings. The quantitative estimate of drug-likeness (QED) is 0.427. The molecule has 3 amide bonds. The van der Waals surface area contributed by atoms with Crippen LogP contribution < -0.4 is 14.8 Å². The number of rotatable bonds is 7. The van der Waals surface area contributed by atoms with Gasteiger partial charge in [0.1, 0.15) is 5.75 Å². The lowest BCUT2D eigenvalue weighted by atomic mass is 9.96. The first-order valence-electron chi connectivity index (χ1n) is 15.2. The molecule has 1 heterocycles. The summed E-state index contributed by atoms with van der Waals surface area (Å²) in [4.78, 5) is 30.3. The number of sulfonamides is 1. The topological polar surface area (TPSA) is 138 Å². The molecule has 3 N–H and O–H groups in total. The minimum atomic E-state index is -3.57. The summed E-state index contributed by atoms with van der Waals surface area (Å²) in [5, 5.41) is 13.2. The molecule has 4 atom stereocenters. The summed E-state index contributed by atoms with van der Waals surface area (Å²) in [5.41, 5.74) is 0.458. The maximum Gasteiger partial charge on any atom is 0.317 e. The maximum absolute atomic E-state index is 14.1. The summed E-state index contributed by atoms with van der Waals surface area (Å²) in [7, 11) is -1.80. The number of aliphatic hydroxyl groups excluding tert-OH is 1. The van der Waals surface area contributed by atoms with Gasteiger partial charge >= 0.3 is 6.03 Å². The molecule has 42 heavy (non-hydrogen) atoms. The van der Waals surface area contributed by atoms with Crippen LogP contribution in [-0.4, -0.2) is 99.2 Å². The van der Waals surface area contributed by atoms with E-state index >= 15 is 0 Å². The van der Waals surface area contributed by atoms with Gasteiger partial charge in [-0.1, -0.05) is 26.2 Å². The first-order chi connectivity index (χ1) is 19.9. The molecule has 0 bridgehead atoms. The lowest BCUT2D eigenvalue weighted by molar-refractivity contribution is -0.0123. The second-order valence-corrected chi connectivity index (χ2v) is 13.8. The maximum atomic E-state index is 14.1. The molecule has 1 aromatic carbocycles. The normalized spacial score (nSPS) is 24.1. The van der Waals surface area contributed by atoms with Gasteiger partial charge in [-0.15, -0.1) is 0 Å². The molecule has 1 fully saturated rings. The van der Waals surface area contributed by atoms with E-state index in [9.17, 15) is 23.1 Å². The third kappa shape index (κ3) is 10.3. The number of hydrogen-bond donors (Lipinski definition) is 3. The fourth-order valence-corrected chi connectivity index (χ4v) is 6.10. The molecule has 0 spiro atoms. The summed E-state index contributed by atoms with van der Waals surface area (Å²) in [6.45, 7) is 6.53. The Labute approximate surface area is 251 Å². The van der Waals surface area contributed by atoms with Crippen molar-refractivity contribution in [2.45, 2.75) is 96.4 Å². The van der Waals surface area contributed by atoms with E-state index in [1.165, 1.54) is 12.5 Å². The van der Waals surface area contributed by atoms with Crippen LogP contribution in [0.15, 0.2) is 18.2 Å². The van der Waals surface area contributed by atoms with Crippen LogP contribution in [0.1, 0.15) is 82.5 Å². The number of carbonyl (C=O) groups excluding carboxylic acids is 2. The van der Waals surface area contributed by atoms with Gasteiger partial charge in [-0.25, -0.2) is 13.2 Å². The van der Waals surface area contributed by atoms with Crippen LogP contribution in [0.3, 0.4) is 0 Å². The Morgan fingerprint density at radius 1 is 1.14 bits per heavy atom. The van der Waals surface area contributed by atoms with Gasteiger partial charge in [0.05, 0.1) is 36.7 Å². The molecular formula is C30H50N4O7S. The molecule has 1 aliphatic carbocycles. The SMILES string of the molecule is C[C@@H]1CCCCO[C@H](CN(C)C(=O)NC2CCCCC2)[C@@H](C)CN([C@@H](C)CO)C(=O)c2cc(NS(C)(=O)=O)ccc2O1. The fourth-order valence-electron chi connectivity index (χ4n) is 5.55. The van der Waals surface area contributed by atoms with Gasteiger partial charge in [-0.2, -0.15) is 0 Å². The predicted octanol–water partition coefficient (Wildman–Crippen LogP) is 3.83. The van der Waals surface area contributed by atoms with Crippen molar-refractivity contribution in [1.29, 1.82) is 0 Å². The van der Waals surface area contributed by atoms with Gasteiger partial charge in [0.2, 0.25) is 10.0 Å². The van der Waals surface area contributed by atoms with E-state index in [0.717, 1.165) is 51.2 Å². The number of urea groups is 1. The van der Waals surface area contributed by atoms with E-state index in [1.807, 2.05) is 13.8 Å². The number of fused-ring (bicyclic) bond motifs is 1. The zero-order valence-electron chi connectivity index (χ0n) is 25.8. The molecular weight excluding hydrogens is 560 g/mol. The summed E-state index contributed by atoms with van der Waals surface area (Å²) in [5.74, 6) is -0.211. The average Bonchev–Trinajstić information content (AvgIpc) is 2.94. The Bertz CT molecular complexity index is 1140. The summed E-state index contributed by atoms with van der Waals surface area (Å²) >= 11 is 0. The number of likely N-dealkylation sites (N-methyl/N-ethyl adjacent to an activating group) is 1. The fraction of sp³-hybridized carbons (Fsp3) is 0.733. The van der Waals surface area contributed by atoms with Gasteiger partial charge in [0, 0.05) is 44.4 Å². The van der Waals surface area contributed by atoms with Gasteiger partial charge in [-0.3, -0.25) is 9.52 Å². The third-order valence-corrected chi connectivity index (χ3v) is 8.69. The Kier molecular flexibility index (Phi) is 12.7. The summed E-state index contributed by atoms with van der Waals surface area (Å²) in [6.07, 6.45) is 8.38. The number of ether oxygens (including phenoxy) is 2. The Balaban J connectivity index is 1.88. The highest BCUT2D eigenvalue weighted by atomic mass is 32.2. The second-order valence-electron chi connectivity index (χ2n) is 12.0. The Morgan fingerprint density at radius 3 is 2.50 bits per heavy atom. The van der Waals surface area contributed by atoms with E-state index < -0.39 is 16.1 Å². The number of nitrogens with one attached hydrogen (secondary N) is 2. The first-order valence-corrected chi connectivity index (χ1v) is 17.1. The van der Waals surface area contributed by atoms with Crippen molar-refractivity contribution in [2.24, 2.45) is 5.92 Å². The predicted molar refractivity (Wildman–Crippen MR) is 163 cm³/mol. The van der Waals surface area contributed by atoms with Crippen molar-refractivity contribution in [3.8, 4) is 5.75 Å². The largest absolute Gasteiger partial charge is 0.490 e. The molecule has 0 saturated heterocycles. The second kappa shape index (κ2) is 15.8. The standard InChI is InChI=1S/C30H50N4O7S/c1-21-18-34(22(2)20-35)29(36)26-17-25(32-42(5,38)39)14-15-27(26)41-23(3)11-9-10-16-40-28(21)19-33(4)30(37)31-24-12-7-6-8-13-24/h14-15,17,21-24,28,32,35H,6-13,16,18-20H2,1-5H3,(H,31,37)/t21-,22-,23+,28+/m0/s1. The molecule has 0 unspecified atom stereocenters. The van der Waals surface area contributed by atoms with Gasteiger partial charge < -0.3 is 29.7 Å². The molecule has 3 rings (SSSR count). The van der Waals surface area contributed by atoms with Crippen LogP contribution in [0.5, 0.6) is 5.75 Å². The Morgan fingerprint density at radius 2 is 1.83 bits per heavy atom. The zero-order valence-corrected chi connectivity index (χ0v) is 26.6. The number of anilines is 1. The van der Waals surface area contributed by atoms with Gasteiger partial charge in [0.15, 0.2) is 0 Å². The first kappa shape index (κ1) is 33.9. The van der Waals surface area contributed by atoms with Crippen molar-refractivity contribution in [3.05, 3.63) is 23.8 Å². The molecule has 1 saturated carbocycles. The number of benzene rings is 1. The number of amides is 3. The van der Waals surface area contributed by atoms with Crippen molar-refractivity contribution >= 4 is 27.6 Å². The minimum absolute atomic E-state index is 0.125. The highest BCUT2D eigenvalue weighted by molar-refractivity contribution is 7.92. The third-order valence-electron chi connectivity index (χ3n) is 8.09. The average molecular weight is 611 g/mol. The number of carbonyl (C=O) groups is 2. The number of nitrogens with zero attached hydrogens (tertiary/aromatic N) is 2. The summed E-state index contributed by atoms with van der Waals surface area (Å²) in [6, 6.07) is 4.21. The van der Waals surface area contributed by atoms with Crippen LogP contribution in [0, 0.1) is 5.92 Å². The lowest BCUT2D eigenvalue weighted by Gasteiger charge is -2.36. The number of aliphatic hydroxyl groups is 1. The molecule has 1 aliphatic heterocycles. The molecule has 238 valence electrons. The van der Waals surface area contributed by atoms with Crippen LogP contribution in [-0.2, 0) is 14.8 Å². The summed E-state index contributed by atoms with van der Waals surface area (Å²) < 4.78 is 38.8. The highest BCUT2D eigenvalue weighted by Gasteiger charge is 2.31. The zero-order chi connectivity index (χ0) is 30.9. The van der Waals surface area contributed by atoms with E-state index in [1.54, 1.807) is 35.9 Å². The van der Waals surface area contributed by atoms with Crippen LogP contribution in [0.25, 0.3) is 0 Å². The van der Waals surface area contributed by atoms with Crippen LogP contribution >= 0.6 is 0 Å². The van der Waals surface area contributed by atoms with Crippen molar-refractivity contribution in [2.75, 3.05) is 44.3 Å². The smallest absolute Gasteiger partial charge is 0.317 e.